The van der Waals surface area contributed by atoms with E-state index in [2.05, 4.69) is 9.98 Å². The monoisotopic (exact) mass is 636 g/mol. The average Bonchev–Trinajstić information content (AvgIpc) is 3.72. The number of ether oxygens (including phenoxy) is 2. The fourth-order valence-corrected chi connectivity index (χ4v) is 5.37. The van der Waals surface area contributed by atoms with Crippen molar-refractivity contribution in [2.75, 3.05) is 26.2 Å². The van der Waals surface area contributed by atoms with E-state index < -0.39 is 22.0 Å². The number of unbranched alkanes of at least 4 members (excludes halogenated alkanes) is 9. The molecule has 0 radical (unpaired) electrons. The molecule has 0 saturated carbocycles. The second-order valence-corrected chi connectivity index (χ2v) is 11.2. The van der Waals surface area contributed by atoms with Gasteiger partial charge in [-0.15, -0.1) is 0 Å². The number of amidine groups is 2. The summed E-state index contributed by atoms with van der Waals surface area (Å²) < 4.78 is 10.8. The lowest BCUT2D eigenvalue weighted by Crippen LogP contribution is -2.36. The van der Waals surface area contributed by atoms with E-state index in [9.17, 15) is 29.8 Å². The third-order valence-electron chi connectivity index (χ3n) is 7.86. The van der Waals surface area contributed by atoms with Crippen molar-refractivity contribution in [1.29, 1.82) is 0 Å². The van der Waals surface area contributed by atoms with Crippen molar-refractivity contribution in [3.63, 3.8) is 0 Å². The van der Waals surface area contributed by atoms with E-state index in [0.717, 1.165) is 50.2 Å². The van der Waals surface area contributed by atoms with E-state index >= 15 is 0 Å². The molecule has 46 heavy (non-hydrogen) atoms. The summed E-state index contributed by atoms with van der Waals surface area (Å²) in [6.45, 7) is 2.05. The van der Waals surface area contributed by atoms with Crippen LogP contribution < -0.4 is 9.47 Å². The molecule has 0 spiro atoms. The summed E-state index contributed by atoms with van der Waals surface area (Å²) in [5.41, 5.74) is -0.123. The maximum absolute atomic E-state index is 12.6. The van der Waals surface area contributed by atoms with Crippen LogP contribution in [0, 0.1) is 20.2 Å². The van der Waals surface area contributed by atoms with Crippen molar-refractivity contribution in [2.45, 2.75) is 77.0 Å². The molecule has 4 rings (SSSR count). The van der Waals surface area contributed by atoms with Gasteiger partial charge in [-0.1, -0.05) is 51.4 Å². The maximum Gasteiger partial charge on any atom is 0.420 e. The zero-order valence-electron chi connectivity index (χ0n) is 25.9. The topological polar surface area (TPSA) is 170 Å². The highest BCUT2D eigenvalue weighted by molar-refractivity contribution is 5.98. The molecule has 0 bridgehead atoms. The Bertz CT molecular complexity index is 1300. The number of carbonyl (C=O) groups excluding carboxylic acids is 2. The Balaban J connectivity index is 0.999. The molecule has 2 amide bonds. The summed E-state index contributed by atoms with van der Waals surface area (Å²) in [5, 5.41) is 21.6. The molecule has 14 heteroatoms. The minimum absolute atomic E-state index is 0.0613. The fourth-order valence-electron chi connectivity index (χ4n) is 5.37. The SMILES string of the molecule is O=C(Oc1ccc([N+](=O)[O-])cc1)N1CCN=C1CCCCCCCCCCCCC1=NCCN1C(=O)Oc1ccc([N+](=O)[O-])cc1. The van der Waals surface area contributed by atoms with Gasteiger partial charge >= 0.3 is 12.2 Å². The summed E-state index contributed by atoms with van der Waals surface area (Å²) in [5.74, 6) is 1.99. The number of non-ortho nitro benzene ring substituents is 2. The third kappa shape index (κ3) is 10.3. The first-order chi connectivity index (χ1) is 22.3. The van der Waals surface area contributed by atoms with Crippen molar-refractivity contribution in [2.24, 2.45) is 9.98 Å². The van der Waals surface area contributed by atoms with Gasteiger partial charge in [-0.2, -0.15) is 0 Å². The molecule has 0 atom stereocenters. The number of nitro benzene ring substituents is 2. The van der Waals surface area contributed by atoms with Gasteiger partial charge in [-0.05, 0) is 37.1 Å². The highest BCUT2D eigenvalue weighted by Crippen LogP contribution is 2.21. The van der Waals surface area contributed by atoms with E-state index in [4.69, 9.17) is 9.47 Å². The smallest absolute Gasteiger partial charge is 0.410 e. The molecule has 0 N–H and O–H groups in total. The lowest BCUT2D eigenvalue weighted by Gasteiger charge is -2.18. The third-order valence-corrected chi connectivity index (χ3v) is 7.86. The van der Waals surface area contributed by atoms with Crippen LogP contribution in [0.2, 0.25) is 0 Å². The van der Waals surface area contributed by atoms with Gasteiger partial charge in [0.15, 0.2) is 0 Å². The number of amides is 2. The molecule has 246 valence electrons. The Hall–Kier alpha value is -4.88. The second kappa shape index (κ2) is 17.6. The first kappa shape index (κ1) is 34.0. The van der Waals surface area contributed by atoms with Crippen molar-refractivity contribution in [3.05, 3.63) is 68.8 Å². The van der Waals surface area contributed by atoms with Crippen LogP contribution >= 0.6 is 0 Å². The number of nitro groups is 2. The van der Waals surface area contributed by atoms with Gasteiger partial charge in [0, 0.05) is 37.1 Å². The Morgan fingerprint density at radius 3 is 1.24 bits per heavy atom. The molecule has 2 aromatic rings. The van der Waals surface area contributed by atoms with Gasteiger partial charge < -0.3 is 9.47 Å². The molecule has 0 aliphatic carbocycles. The lowest BCUT2D eigenvalue weighted by atomic mass is 10.0. The van der Waals surface area contributed by atoms with Crippen LogP contribution in [0.15, 0.2) is 58.5 Å². The lowest BCUT2D eigenvalue weighted by molar-refractivity contribution is -0.385. The highest BCUT2D eigenvalue weighted by Gasteiger charge is 2.26. The predicted molar refractivity (Wildman–Crippen MR) is 172 cm³/mol. The molecule has 0 fully saturated rings. The average molecular weight is 637 g/mol. The van der Waals surface area contributed by atoms with E-state index in [1.54, 1.807) is 9.80 Å². The zero-order valence-corrected chi connectivity index (χ0v) is 25.9. The van der Waals surface area contributed by atoms with Crippen LogP contribution in [-0.2, 0) is 0 Å². The van der Waals surface area contributed by atoms with Crippen LogP contribution in [0.5, 0.6) is 11.5 Å². The Morgan fingerprint density at radius 1 is 0.587 bits per heavy atom. The van der Waals surface area contributed by atoms with Gasteiger partial charge in [0.05, 0.1) is 36.0 Å². The largest absolute Gasteiger partial charge is 0.420 e. The molecule has 2 heterocycles. The summed E-state index contributed by atoms with van der Waals surface area (Å²) in [6, 6.07) is 10.9. The van der Waals surface area contributed by atoms with E-state index in [-0.39, 0.29) is 22.9 Å². The van der Waals surface area contributed by atoms with Gasteiger partial charge in [0.2, 0.25) is 0 Å². The number of aliphatic imine (C=N–C) groups is 2. The van der Waals surface area contributed by atoms with E-state index in [0.29, 0.717) is 39.0 Å². The first-order valence-corrected chi connectivity index (χ1v) is 15.9. The number of rotatable bonds is 17. The first-order valence-electron chi connectivity index (χ1n) is 15.9. The Labute approximate surface area is 267 Å². The second-order valence-electron chi connectivity index (χ2n) is 11.2. The molecule has 2 aliphatic heterocycles. The van der Waals surface area contributed by atoms with Gasteiger partial charge in [-0.3, -0.25) is 40.0 Å². The minimum Gasteiger partial charge on any atom is -0.410 e. The summed E-state index contributed by atoms with van der Waals surface area (Å²) in [6.07, 6.45) is 11.4. The Morgan fingerprint density at radius 2 is 0.913 bits per heavy atom. The Kier molecular flexibility index (Phi) is 13.0. The molecule has 2 aliphatic rings. The molecule has 0 saturated heterocycles. The molecule has 14 nitrogen and oxygen atoms in total. The van der Waals surface area contributed by atoms with Crippen LogP contribution in [0.25, 0.3) is 0 Å². The van der Waals surface area contributed by atoms with Crippen LogP contribution in [0.1, 0.15) is 77.0 Å². The number of hydrogen-bond acceptors (Lipinski definition) is 10. The van der Waals surface area contributed by atoms with E-state index in [1.807, 2.05) is 0 Å². The predicted octanol–water partition coefficient (Wildman–Crippen LogP) is 7.31. The van der Waals surface area contributed by atoms with Gasteiger partial charge in [-0.25, -0.2) is 9.59 Å². The normalized spacial score (nSPS) is 14.2. The quantitative estimate of drug-likeness (QED) is 0.0988. The summed E-state index contributed by atoms with van der Waals surface area (Å²) >= 11 is 0. The molecular formula is C32H40N6O8. The van der Waals surface area contributed by atoms with Crippen LogP contribution in [0.4, 0.5) is 21.0 Å². The maximum atomic E-state index is 12.6. The number of nitrogens with zero attached hydrogens (tertiary/aromatic N) is 6. The zero-order chi connectivity index (χ0) is 32.7. The number of benzene rings is 2. The minimum atomic E-state index is -0.513. The van der Waals surface area contributed by atoms with Crippen LogP contribution in [-0.4, -0.2) is 69.7 Å². The van der Waals surface area contributed by atoms with Crippen molar-refractivity contribution in [1.82, 2.24) is 9.80 Å². The highest BCUT2D eigenvalue weighted by atomic mass is 16.6. The summed E-state index contributed by atoms with van der Waals surface area (Å²) in [7, 11) is 0. The summed E-state index contributed by atoms with van der Waals surface area (Å²) in [4.78, 5) is 57.8. The number of hydrogen-bond donors (Lipinski definition) is 0. The standard InChI is InChI=1S/C32H40N6O8/c39-31(45-27-17-13-25(14-18-27)37(41)42)35-23-21-33-29(35)11-9-7-5-3-1-2-4-6-8-10-12-30-34-22-24-36(30)32(40)46-28-19-15-26(16-20-28)38(43)44/h13-20H,1-12,21-24H2. The van der Waals surface area contributed by atoms with Crippen LogP contribution in [0.3, 0.4) is 0 Å². The fraction of sp³-hybridized carbons (Fsp3) is 0.500. The number of carbonyl (C=O) groups is 2. The molecular weight excluding hydrogens is 596 g/mol. The van der Waals surface area contributed by atoms with Gasteiger partial charge in [0.25, 0.3) is 11.4 Å². The van der Waals surface area contributed by atoms with Crippen molar-refractivity contribution < 1.29 is 28.9 Å². The van der Waals surface area contributed by atoms with Crippen molar-refractivity contribution in [3.8, 4) is 11.5 Å². The molecule has 0 unspecified atom stereocenters. The van der Waals surface area contributed by atoms with Crippen molar-refractivity contribution >= 4 is 35.2 Å². The van der Waals surface area contributed by atoms with Gasteiger partial charge in [0.1, 0.15) is 23.2 Å². The molecule has 0 aromatic heterocycles. The van der Waals surface area contributed by atoms with E-state index in [1.165, 1.54) is 74.2 Å². The molecule has 2 aromatic carbocycles.